The van der Waals surface area contributed by atoms with E-state index in [1.54, 1.807) is 6.92 Å². The Balaban J connectivity index is -0.000000212. The molecule has 0 aromatic carbocycles. The van der Waals surface area contributed by atoms with E-state index >= 15 is 0 Å². The van der Waals surface area contributed by atoms with Crippen LogP contribution in [0.25, 0.3) is 0 Å². The lowest BCUT2D eigenvalue weighted by Gasteiger charge is -2.03. The molecular weight excluding hydrogens is 262 g/mol. The molecular formula is C18H41NO2. The van der Waals surface area contributed by atoms with Crippen molar-refractivity contribution in [3.8, 4) is 0 Å². The number of amides is 1. The molecule has 0 aliphatic heterocycles. The molecule has 0 aromatic heterocycles. The normalized spacial score (nSPS) is 8.00. The van der Waals surface area contributed by atoms with Crippen molar-refractivity contribution in [2.45, 2.75) is 100 Å². The van der Waals surface area contributed by atoms with Crippen LogP contribution in [0, 0.1) is 0 Å². The third-order valence-electron chi connectivity index (χ3n) is 2.29. The van der Waals surface area contributed by atoms with Crippen LogP contribution in [0.4, 0.5) is 0 Å². The molecule has 0 saturated carbocycles. The number of carbonyl (C=O) groups is 2. The van der Waals surface area contributed by atoms with Crippen molar-refractivity contribution < 1.29 is 9.59 Å². The van der Waals surface area contributed by atoms with E-state index in [9.17, 15) is 9.59 Å². The lowest BCUT2D eigenvalue weighted by atomic mass is 10.2. The molecule has 0 fully saturated rings. The van der Waals surface area contributed by atoms with E-state index in [1.165, 1.54) is 19.3 Å². The van der Waals surface area contributed by atoms with Crippen LogP contribution in [0.1, 0.15) is 100 Å². The standard InChI is InChI=1S/C12H23NO2.3C2H6/c1-3-4-5-6-10-13-12(15)9-7-8-11(2)14;3*1-2/h3-10H2,1-2H3,(H,13,15);3*1-2H3. The fraction of sp³-hybridized carbons (Fsp3) is 0.889. The highest BCUT2D eigenvalue weighted by Crippen LogP contribution is 1.98. The molecule has 0 aliphatic rings. The predicted octanol–water partition coefficient (Wildman–Crippen LogP) is 5.52. The van der Waals surface area contributed by atoms with Crippen LogP contribution < -0.4 is 5.32 Å². The van der Waals surface area contributed by atoms with Gasteiger partial charge in [0.15, 0.2) is 0 Å². The number of hydrogen-bond acceptors (Lipinski definition) is 2. The molecule has 1 amide bonds. The Morgan fingerprint density at radius 1 is 0.762 bits per heavy atom. The zero-order valence-electron chi connectivity index (χ0n) is 16.0. The highest BCUT2D eigenvalue weighted by molar-refractivity contribution is 5.78. The van der Waals surface area contributed by atoms with Crippen molar-refractivity contribution >= 4 is 11.7 Å². The summed E-state index contributed by atoms with van der Waals surface area (Å²) in [5, 5.41) is 2.87. The second-order valence-electron chi connectivity index (χ2n) is 3.97. The fourth-order valence-electron chi connectivity index (χ4n) is 1.37. The number of nitrogens with one attached hydrogen (secondary N) is 1. The lowest BCUT2D eigenvalue weighted by Crippen LogP contribution is -2.24. The van der Waals surface area contributed by atoms with Gasteiger partial charge in [-0.25, -0.2) is 0 Å². The molecule has 0 aliphatic carbocycles. The van der Waals surface area contributed by atoms with Gasteiger partial charge in [0.25, 0.3) is 0 Å². The number of unbranched alkanes of at least 4 members (excludes halogenated alkanes) is 3. The van der Waals surface area contributed by atoms with Gasteiger partial charge in [0.2, 0.25) is 5.91 Å². The zero-order valence-corrected chi connectivity index (χ0v) is 16.0. The average molecular weight is 304 g/mol. The first kappa shape index (κ1) is 28.3. The van der Waals surface area contributed by atoms with E-state index in [4.69, 9.17) is 0 Å². The molecule has 3 heteroatoms. The van der Waals surface area contributed by atoms with Gasteiger partial charge in [-0.3, -0.25) is 4.79 Å². The first-order valence-electron chi connectivity index (χ1n) is 8.93. The summed E-state index contributed by atoms with van der Waals surface area (Å²) in [5.41, 5.74) is 0. The highest BCUT2D eigenvalue weighted by Gasteiger charge is 2.01. The minimum atomic E-state index is 0.0766. The van der Waals surface area contributed by atoms with E-state index in [-0.39, 0.29) is 11.7 Å². The first-order chi connectivity index (χ1) is 10.2. The fourth-order valence-corrected chi connectivity index (χ4v) is 1.37. The minimum absolute atomic E-state index is 0.0766. The molecule has 0 unspecified atom stereocenters. The topological polar surface area (TPSA) is 46.2 Å². The molecule has 0 bridgehead atoms. The predicted molar refractivity (Wildman–Crippen MR) is 95.7 cm³/mol. The monoisotopic (exact) mass is 303 g/mol. The van der Waals surface area contributed by atoms with Crippen molar-refractivity contribution in [2.24, 2.45) is 0 Å². The quantitative estimate of drug-likeness (QED) is 0.570. The summed E-state index contributed by atoms with van der Waals surface area (Å²) < 4.78 is 0. The largest absolute Gasteiger partial charge is 0.356 e. The lowest BCUT2D eigenvalue weighted by molar-refractivity contribution is -0.121. The summed E-state index contributed by atoms with van der Waals surface area (Å²) in [6, 6.07) is 0. The zero-order chi connectivity index (χ0) is 17.5. The van der Waals surface area contributed by atoms with Gasteiger partial charge in [-0.2, -0.15) is 0 Å². The number of rotatable bonds is 9. The van der Waals surface area contributed by atoms with E-state index in [1.807, 2.05) is 41.5 Å². The Labute approximate surface area is 134 Å². The van der Waals surface area contributed by atoms with Crippen molar-refractivity contribution in [3.05, 3.63) is 0 Å². The molecule has 0 spiro atoms. The average Bonchev–Trinajstić information content (AvgIpc) is 2.53. The van der Waals surface area contributed by atoms with Crippen LogP contribution in [-0.2, 0) is 9.59 Å². The smallest absolute Gasteiger partial charge is 0.220 e. The van der Waals surface area contributed by atoms with Crippen LogP contribution in [0.3, 0.4) is 0 Å². The van der Waals surface area contributed by atoms with Gasteiger partial charge in [0.05, 0.1) is 0 Å². The van der Waals surface area contributed by atoms with Crippen molar-refractivity contribution in [3.63, 3.8) is 0 Å². The number of hydrogen-bond donors (Lipinski definition) is 1. The van der Waals surface area contributed by atoms with Gasteiger partial charge in [-0.1, -0.05) is 67.7 Å². The summed E-state index contributed by atoms with van der Waals surface area (Å²) in [5.74, 6) is 0.235. The van der Waals surface area contributed by atoms with Gasteiger partial charge in [0, 0.05) is 19.4 Å². The molecule has 21 heavy (non-hydrogen) atoms. The number of Topliss-reactive ketones (excluding diaryl/α,β-unsaturated/α-hetero) is 1. The van der Waals surface area contributed by atoms with Crippen LogP contribution in [0.2, 0.25) is 0 Å². The number of carbonyl (C=O) groups excluding carboxylic acids is 2. The van der Waals surface area contributed by atoms with Gasteiger partial charge in [0.1, 0.15) is 5.78 Å². The Kier molecular flexibility index (Phi) is 42.5. The molecule has 0 heterocycles. The van der Waals surface area contributed by atoms with Crippen LogP contribution in [-0.4, -0.2) is 18.2 Å². The maximum absolute atomic E-state index is 11.2. The Hall–Kier alpha value is -0.860. The van der Waals surface area contributed by atoms with Crippen molar-refractivity contribution in [1.82, 2.24) is 5.32 Å². The highest BCUT2D eigenvalue weighted by atomic mass is 16.1. The summed E-state index contributed by atoms with van der Waals surface area (Å²) in [6.45, 7) is 16.5. The second kappa shape index (κ2) is 31.5. The summed E-state index contributed by atoms with van der Waals surface area (Å²) in [6.07, 6.45) is 6.37. The Morgan fingerprint density at radius 3 is 1.71 bits per heavy atom. The van der Waals surface area contributed by atoms with Crippen LogP contribution in [0.5, 0.6) is 0 Å². The molecule has 0 aromatic rings. The molecule has 1 N–H and O–H groups in total. The molecule has 0 rings (SSSR count). The maximum Gasteiger partial charge on any atom is 0.220 e. The van der Waals surface area contributed by atoms with E-state index in [2.05, 4.69) is 12.2 Å². The van der Waals surface area contributed by atoms with E-state index in [0.29, 0.717) is 19.3 Å². The van der Waals surface area contributed by atoms with Gasteiger partial charge in [-0.15, -0.1) is 0 Å². The summed E-state index contributed by atoms with van der Waals surface area (Å²) in [7, 11) is 0. The van der Waals surface area contributed by atoms with E-state index in [0.717, 1.165) is 13.0 Å². The third-order valence-corrected chi connectivity index (χ3v) is 2.29. The van der Waals surface area contributed by atoms with Crippen LogP contribution in [0.15, 0.2) is 0 Å². The molecule has 0 atom stereocenters. The SMILES string of the molecule is CC.CC.CC.CCCCCCNC(=O)CCCC(C)=O. The maximum atomic E-state index is 11.2. The first-order valence-corrected chi connectivity index (χ1v) is 8.93. The van der Waals surface area contributed by atoms with Gasteiger partial charge < -0.3 is 10.1 Å². The van der Waals surface area contributed by atoms with Crippen molar-refractivity contribution in [2.75, 3.05) is 6.54 Å². The molecule has 0 radical (unpaired) electrons. The van der Waals surface area contributed by atoms with Gasteiger partial charge >= 0.3 is 0 Å². The van der Waals surface area contributed by atoms with E-state index < -0.39 is 0 Å². The molecule has 0 saturated heterocycles. The minimum Gasteiger partial charge on any atom is -0.356 e. The van der Waals surface area contributed by atoms with Crippen LogP contribution >= 0.6 is 0 Å². The van der Waals surface area contributed by atoms with Gasteiger partial charge in [-0.05, 0) is 19.8 Å². The Morgan fingerprint density at radius 2 is 1.29 bits per heavy atom. The molecule has 130 valence electrons. The van der Waals surface area contributed by atoms with Crippen molar-refractivity contribution in [1.29, 1.82) is 0 Å². The molecule has 3 nitrogen and oxygen atoms in total. The second-order valence-corrected chi connectivity index (χ2v) is 3.97. The number of ketones is 1. The Bertz CT molecular complexity index is 192. The third kappa shape index (κ3) is 38.2. The summed E-state index contributed by atoms with van der Waals surface area (Å²) >= 11 is 0. The summed E-state index contributed by atoms with van der Waals surface area (Å²) in [4.78, 5) is 21.9.